The summed E-state index contributed by atoms with van der Waals surface area (Å²) in [6, 6.07) is 8.69. The quantitative estimate of drug-likeness (QED) is 0.552. The highest BCUT2D eigenvalue weighted by Gasteiger charge is 2.29. The molecule has 0 aliphatic heterocycles. The largest absolute Gasteiger partial charge is 0.173 e. The predicted octanol–water partition coefficient (Wildman–Crippen LogP) is 5.44. The fourth-order valence-electron chi connectivity index (χ4n) is 3.21. The molecule has 0 atom stereocenters. The summed E-state index contributed by atoms with van der Waals surface area (Å²) in [5, 5.41) is 2.63. The highest BCUT2D eigenvalue weighted by atomic mass is 32.1. The van der Waals surface area contributed by atoms with Crippen LogP contribution in [0.4, 0.5) is 0 Å². The molecule has 0 saturated heterocycles. The van der Waals surface area contributed by atoms with Crippen LogP contribution < -0.4 is 0 Å². The minimum atomic E-state index is 0.0457. The van der Waals surface area contributed by atoms with Gasteiger partial charge in [0.1, 0.15) is 11.0 Å². The van der Waals surface area contributed by atoms with Crippen molar-refractivity contribution >= 4 is 33.5 Å². The first-order valence-corrected chi connectivity index (χ1v) is 8.12. The monoisotopic (exact) mass is 298 g/mol. The lowest BCUT2D eigenvalue weighted by Gasteiger charge is -2.27. The van der Waals surface area contributed by atoms with Gasteiger partial charge >= 0.3 is 0 Å². The average molecular weight is 298 g/mol. The fourth-order valence-corrected chi connectivity index (χ4v) is 3.77. The van der Waals surface area contributed by atoms with E-state index < -0.39 is 0 Å². The Kier molecular flexibility index (Phi) is 3.10. The number of hydrogen-bond acceptors (Lipinski definition) is 3. The van der Waals surface area contributed by atoms with Crippen molar-refractivity contribution in [3.05, 3.63) is 35.4 Å². The number of hydrogen-bond donors (Lipinski definition) is 0. The molecule has 0 fully saturated rings. The summed E-state index contributed by atoms with van der Waals surface area (Å²) in [6.07, 6.45) is 0. The lowest BCUT2D eigenvalue weighted by Crippen LogP contribution is -2.17. The Hall–Kier alpha value is -1.48. The summed E-state index contributed by atoms with van der Waals surface area (Å²) < 4.78 is 9.28. The van der Waals surface area contributed by atoms with Gasteiger partial charge in [0, 0.05) is 0 Å². The van der Waals surface area contributed by atoms with Crippen LogP contribution in [0.25, 0.3) is 21.8 Å². The van der Waals surface area contributed by atoms with Crippen molar-refractivity contribution < 1.29 is 0 Å². The van der Waals surface area contributed by atoms with Crippen molar-refractivity contribution in [2.45, 2.75) is 52.4 Å². The van der Waals surface area contributed by atoms with E-state index in [9.17, 15) is 0 Å². The Morgan fingerprint density at radius 2 is 1.10 bits per heavy atom. The maximum atomic E-state index is 4.64. The third kappa shape index (κ3) is 2.24. The molecular formula is C18H22N2S. The number of aromatic nitrogens is 2. The second-order valence-electron chi connectivity index (χ2n) is 7.76. The second kappa shape index (κ2) is 4.51. The van der Waals surface area contributed by atoms with Crippen molar-refractivity contribution in [2.24, 2.45) is 0 Å². The molecule has 0 bridgehead atoms. The number of fused-ring (bicyclic) bond motifs is 2. The minimum absolute atomic E-state index is 0.0457. The van der Waals surface area contributed by atoms with Crippen molar-refractivity contribution in [3.63, 3.8) is 0 Å². The Labute approximate surface area is 130 Å². The molecule has 0 saturated carbocycles. The van der Waals surface area contributed by atoms with E-state index in [1.54, 1.807) is 0 Å². The lowest BCUT2D eigenvalue weighted by atomic mass is 9.76. The van der Waals surface area contributed by atoms with Crippen LogP contribution in [-0.2, 0) is 10.8 Å². The van der Waals surface area contributed by atoms with Gasteiger partial charge in [-0.25, -0.2) is 0 Å². The van der Waals surface area contributed by atoms with Crippen LogP contribution in [0, 0.1) is 0 Å². The topological polar surface area (TPSA) is 25.8 Å². The van der Waals surface area contributed by atoms with Gasteiger partial charge in [0.15, 0.2) is 0 Å². The molecule has 0 radical (unpaired) electrons. The zero-order chi connectivity index (χ0) is 15.4. The molecule has 2 nitrogen and oxygen atoms in total. The van der Waals surface area contributed by atoms with Gasteiger partial charge in [-0.2, -0.15) is 8.75 Å². The molecule has 110 valence electrons. The molecule has 0 unspecified atom stereocenters. The minimum Gasteiger partial charge on any atom is -0.173 e. The third-order valence-electron chi connectivity index (χ3n) is 3.93. The standard InChI is InChI=1S/C18H22N2S/c1-17(2,3)13-11-9-7-8-10-12(11)14(18(4,5)6)16-15(13)19-21-20-16/h7-10H,1-6H3. The molecule has 0 spiro atoms. The molecule has 0 aliphatic carbocycles. The number of nitrogens with zero attached hydrogens (tertiary/aromatic N) is 2. The average Bonchev–Trinajstić information content (AvgIpc) is 2.80. The summed E-state index contributed by atoms with van der Waals surface area (Å²) in [6.45, 7) is 13.5. The Morgan fingerprint density at radius 1 is 0.714 bits per heavy atom. The van der Waals surface area contributed by atoms with Gasteiger partial charge < -0.3 is 0 Å². The van der Waals surface area contributed by atoms with E-state index >= 15 is 0 Å². The maximum Gasteiger partial charge on any atom is 0.109 e. The zero-order valence-corrected chi connectivity index (χ0v) is 14.4. The second-order valence-corrected chi connectivity index (χ2v) is 8.29. The van der Waals surface area contributed by atoms with Crippen molar-refractivity contribution in [3.8, 4) is 0 Å². The summed E-state index contributed by atoms with van der Waals surface area (Å²) >= 11 is 1.32. The van der Waals surface area contributed by atoms with E-state index in [-0.39, 0.29) is 10.8 Å². The SMILES string of the molecule is CC(C)(C)c1c2ccccc2c(C(C)(C)C)c2nsnc12. The molecule has 3 aromatic rings. The molecule has 1 aromatic heterocycles. The van der Waals surface area contributed by atoms with Gasteiger partial charge in [-0.3, -0.25) is 0 Å². The summed E-state index contributed by atoms with van der Waals surface area (Å²) in [5.74, 6) is 0. The molecule has 0 N–H and O–H groups in total. The fraction of sp³-hybridized carbons (Fsp3) is 0.444. The van der Waals surface area contributed by atoms with E-state index in [1.165, 1.54) is 33.6 Å². The van der Waals surface area contributed by atoms with E-state index in [1.807, 2.05) is 0 Å². The molecule has 21 heavy (non-hydrogen) atoms. The molecule has 0 aliphatic rings. The van der Waals surface area contributed by atoms with E-state index in [0.29, 0.717) is 0 Å². The molecule has 0 amide bonds. The third-order valence-corrected chi connectivity index (χ3v) is 4.46. The van der Waals surface area contributed by atoms with Crippen LogP contribution in [0.2, 0.25) is 0 Å². The zero-order valence-electron chi connectivity index (χ0n) is 13.6. The van der Waals surface area contributed by atoms with E-state index in [0.717, 1.165) is 11.0 Å². The van der Waals surface area contributed by atoms with Gasteiger partial charge in [-0.1, -0.05) is 65.8 Å². The van der Waals surface area contributed by atoms with Crippen LogP contribution in [0.15, 0.2) is 24.3 Å². The van der Waals surface area contributed by atoms with Gasteiger partial charge in [0.05, 0.1) is 11.7 Å². The lowest BCUT2D eigenvalue weighted by molar-refractivity contribution is 0.592. The smallest absolute Gasteiger partial charge is 0.109 e. The van der Waals surface area contributed by atoms with Gasteiger partial charge in [-0.05, 0) is 32.7 Å². The van der Waals surface area contributed by atoms with Crippen LogP contribution in [0.3, 0.4) is 0 Å². The maximum absolute atomic E-state index is 4.64. The van der Waals surface area contributed by atoms with Crippen LogP contribution in [0.5, 0.6) is 0 Å². The highest BCUT2D eigenvalue weighted by Crippen LogP contribution is 2.42. The van der Waals surface area contributed by atoms with Crippen LogP contribution >= 0.6 is 11.7 Å². The van der Waals surface area contributed by atoms with Gasteiger partial charge in [0.25, 0.3) is 0 Å². The van der Waals surface area contributed by atoms with Gasteiger partial charge in [0.2, 0.25) is 0 Å². The normalized spacial score (nSPS) is 13.2. The highest BCUT2D eigenvalue weighted by molar-refractivity contribution is 7.00. The first-order valence-electron chi connectivity index (χ1n) is 7.39. The predicted molar refractivity (Wildman–Crippen MR) is 92.3 cm³/mol. The van der Waals surface area contributed by atoms with Gasteiger partial charge in [-0.15, -0.1) is 0 Å². The van der Waals surface area contributed by atoms with Crippen molar-refractivity contribution in [1.82, 2.24) is 8.75 Å². The first-order chi connectivity index (χ1) is 9.71. The molecule has 3 rings (SSSR count). The Balaban J connectivity index is 2.63. The Morgan fingerprint density at radius 3 is 1.43 bits per heavy atom. The molecule has 1 heterocycles. The van der Waals surface area contributed by atoms with Crippen LogP contribution in [-0.4, -0.2) is 8.75 Å². The molecule has 3 heteroatoms. The van der Waals surface area contributed by atoms with Crippen LogP contribution in [0.1, 0.15) is 52.7 Å². The van der Waals surface area contributed by atoms with E-state index in [4.69, 9.17) is 0 Å². The number of rotatable bonds is 0. The summed E-state index contributed by atoms with van der Waals surface area (Å²) in [5.41, 5.74) is 4.88. The van der Waals surface area contributed by atoms with Crippen molar-refractivity contribution in [1.29, 1.82) is 0 Å². The van der Waals surface area contributed by atoms with Crippen molar-refractivity contribution in [2.75, 3.05) is 0 Å². The first kappa shape index (κ1) is 14.5. The molecule has 2 aromatic carbocycles. The molecular weight excluding hydrogens is 276 g/mol. The Bertz CT molecular complexity index is 749. The summed E-state index contributed by atoms with van der Waals surface area (Å²) in [4.78, 5) is 0. The number of benzene rings is 2. The summed E-state index contributed by atoms with van der Waals surface area (Å²) in [7, 11) is 0. The van der Waals surface area contributed by atoms with E-state index in [2.05, 4.69) is 74.6 Å².